The number of piperazine rings is 1. The van der Waals surface area contributed by atoms with Crippen molar-refractivity contribution < 1.29 is 9.59 Å². The minimum Gasteiger partial charge on any atom is -0.375 e. The van der Waals surface area contributed by atoms with Gasteiger partial charge in [0.05, 0.1) is 22.1 Å². The first-order valence-corrected chi connectivity index (χ1v) is 9.00. The van der Waals surface area contributed by atoms with Crippen molar-refractivity contribution in [2.75, 3.05) is 38.0 Å². The second kappa shape index (κ2) is 7.68. The summed E-state index contributed by atoms with van der Waals surface area (Å²) in [5, 5.41) is 5.55. The molecule has 5 nitrogen and oxygen atoms in total. The van der Waals surface area contributed by atoms with Crippen molar-refractivity contribution in [1.29, 1.82) is 0 Å². The number of amides is 2. The molecule has 0 atom stereocenters. The average molecular weight is 364 g/mol. The van der Waals surface area contributed by atoms with Crippen LogP contribution in [0.15, 0.2) is 41.8 Å². The molecule has 0 unspecified atom stereocenters. The number of nitrogens with one attached hydrogen (secondary N) is 1. The van der Waals surface area contributed by atoms with E-state index in [2.05, 4.69) is 5.32 Å². The summed E-state index contributed by atoms with van der Waals surface area (Å²) in [5.74, 6) is 0.0597. The summed E-state index contributed by atoms with van der Waals surface area (Å²) < 4.78 is 0. The Hall–Kier alpha value is -2.05. The Kier molecular flexibility index (Phi) is 5.37. The molecule has 7 heteroatoms. The Morgan fingerprint density at radius 3 is 2.42 bits per heavy atom. The molecule has 1 N–H and O–H groups in total. The van der Waals surface area contributed by atoms with Crippen LogP contribution >= 0.6 is 22.9 Å². The minimum absolute atomic E-state index is 0.0122. The summed E-state index contributed by atoms with van der Waals surface area (Å²) in [6, 6.07) is 11.0. The SMILES string of the molecule is O=C(CNc1ccccc1Cl)N1CCN(C(=O)c2cccs2)CC1. The lowest BCUT2D eigenvalue weighted by atomic mass is 10.2. The molecule has 126 valence electrons. The van der Waals surface area contributed by atoms with Gasteiger partial charge in [-0.1, -0.05) is 29.8 Å². The molecule has 2 amide bonds. The van der Waals surface area contributed by atoms with Crippen LogP contribution in [0, 0.1) is 0 Å². The zero-order valence-electron chi connectivity index (χ0n) is 13.1. The molecule has 1 aromatic carbocycles. The molecule has 1 aliphatic heterocycles. The van der Waals surface area contributed by atoms with Gasteiger partial charge in [-0.2, -0.15) is 0 Å². The zero-order chi connectivity index (χ0) is 16.9. The van der Waals surface area contributed by atoms with Crippen molar-refractivity contribution in [3.05, 3.63) is 51.7 Å². The van der Waals surface area contributed by atoms with Crippen LogP contribution in [-0.4, -0.2) is 54.3 Å². The molecule has 1 fully saturated rings. The van der Waals surface area contributed by atoms with Crippen molar-refractivity contribution in [2.24, 2.45) is 0 Å². The highest BCUT2D eigenvalue weighted by molar-refractivity contribution is 7.12. The number of carbonyl (C=O) groups excluding carboxylic acids is 2. The van der Waals surface area contributed by atoms with Gasteiger partial charge in [-0.15, -0.1) is 11.3 Å². The van der Waals surface area contributed by atoms with Gasteiger partial charge >= 0.3 is 0 Å². The van der Waals surface area contributed by atoms with Gasteiger partial charge in [0.1, 0.15) is 0 Å². The van der Waals surface area contributed by atoms with Crippen molar-refractivity contribution in [2.45, 2.75) is 0 Å². The van der Waals surface area contributed by atoms with Crippen LogP contribution in [0.5, 0.6) is 0 Å². The molecule has 0 spiro atoms. The third-order valence-electron chi connectivity index (χ3n) is 3.96. The molecule has 0 radical (unpaired) electrons. The summed E-state index contributed by atoms with van der Waals surface area (Å²) in [6.07, 6.45) is 0. The highest BCUT2D eigenvalue weighted by atomic mass is 35.5. The van der Waals surface area contributed by atoms with E-state index < -0.39 is 0 Å². The van der Waals surface area contributed by atoms with Crippen LogP contribution in [0.25, 0.3) is 0 Å². The van der Waals surface area contributed by atoms with E-state index in [0.717, 1.165) is 10.6 Å². The number of rotatable bonds is 4. The molecule has 2 aromatic rings. The Morgan fingerprint density at radius 2 is 1.75 bits per heavy atom. The first-order valence-electron chi connectivity index (χ1n) is 7.74. The molecule has 0 bridgehead atoms. The summed E-state index contributed by atoms with van der Waals surface area (Å²) in [6.45, 7) is 2.44. The van der Waals surface area contributed by atoms with E-state index >= 15 is 0 Å². The predicted octanol–water partition coefficient (Wildman–Crippen LogP) is 2.80. The van der Waals surface area contributed by atoms with E-state index in [1.807, 2.05) is 35.7 Å². The average Bonchev–Trinajstić information content (AvgIpc) is 3.15. The van der Waals surface area contributed by atoms with E-state index in [-0.39, 0.29) is 18.4 Å². The normalized spacial score (nSPS) is 14.5. The van der Waals surface area contributed by atoms with Crippen LogP contribution in [-0.2, 0) is 4.79 Å². The molecule has 1 saturated heterocycles. The maximum Gasteiger partial charge on any atom is 0.264 e. The topological polar surface area (TPSA) is 52.7 Å². The largest absolute Gasteiger partial charge is 0.375 e. The van der Waals surface area contributed by atoms with Gasteiger partial charge in [-0.25, -0.2) is 0 Å². The summed E-state index contributed by atoms with van der Waals surface area (Å²) in [7, 11) is 0. The summed E-state index contributed by atoms with van der Waals surface area (Å²) in [5.41, 5.74) is 0.749. The van der Waals surface area contributed by atoms with E-state index in [4.69, 9.17) is 11.6 Å². The van der Waals surface area contributed by atoms with Gasteiger partial charge < -0.3 is 15.1 Å². The van der Waals surface area contributed by atoms with E-state index in [1.54, 1.807) is 15.9 Å². The molecule has 1 aliphatic rings. The van der Waals surface area contributed by atoms with Crippen LogP contribution in [0.2, 0.25) is 5.02 Å². The van der Waals surface area contributed by atoms with Gasteiger partial charge in [0, 0.05) is 26.2 Å². The highest BCUT2D eigenvalue weighted by Crippen LogP contribution is 2.20. The zero-order valence-corrected chi connectivity index (χ0v) is 14.6. The molecular weight excluding hydrogens is 346 g/mol. The van der Waals surface area contributed by atoms with E-state index in [9.17, 15) is 9.59 Å². The van der Waals surface area contributed by atoms with E-state index in [0.29, 0.717) is 31.2 Å². The molecular formula is C17H18ClN3O2S. The van der Waals surface area contributed by atoms with Crippen molar-refractivity contribution in [3.8, 4) is 0 Å². The number of para-hydroxylation sites is 1. The Bertz CT molecular complexity index is 712. The third-order valence-corrected chi connectivity index (χ3v) is 5.14. The lowest BCUT2D eigenvalue weighted by Gasteiger charge is -2.34. The number of carbonyl (C=O) groups is 2. The number of benzene rings is 1. The summed E-state index contributed by atoms with van der Waals surface area (Å²) >= 11 is 7.51. The number of nitrogens with zero attached hydrogens (tertiary/aromatic N) is 2. The van der Waals surface area contributed by atoms with Crippen LogP contribution < -0.4 is 5.32 Å². The number of anilines is 1. The van der Waals surface area contributed by atoms with Crippen molar-refractivity contribution in [1.82, 2.24) is 9.80 Å². The second-order valence-electron chi connectivity index (χ2n) is 5.48. The monoisotopic (exact) mass is 363 g/mol. The lowest BCUT2D eigenvalue weighted by Crippen LogP contribution is -2.51. The van der Waals surface area contributed by atoms with Gasteiger partial charge in [0.2, 0.25) is 5.91 Å². The molecule has 0 aliphatic carbocycles. The van der Waals surface area contributed by atoms with Gasteiger partial charge in [-0.05, 0) is 23.6 Å². The van der Waals surface area contributed by atoms with Crippen molar-refractivity contribution in [3.63, 3.8) is 0 Å². The van der Waals surface area contributed by atoms with Gasteiger partial charge in [-0.3, -0.25) is 9.59 Å². The summed E-state index contributed by atoms with van der Waals surface area (Å²) in [4.78, 5) is 28.9. The fraction of sp³-hybridized carbons (Fsp3) is 0.294. The number of hydrogen-bond donors (Lipinski definition) is 1. The third kappa shape index (κ3) is 3.88. The first kappa shape index (κ1) is 16.8. The van der Waals surface area contributed by atoms with Crippen LogP contribution in [0.4, 0.5) is 5.69 Å². The van der Waals surface area contributed by atoms with E-state index in [1.165, 1.54) is 11.3 Å². The fourth-order valence-corrected chi connectivity index (χ4v) is 3.50. The second-order valence-corrected chi connectivity index (χ2v) is 6.84. The highest BCUT2D eigenvalue weighted by Gasteiger charge is 2.25. The minimum atomic E-state index is 0.0122. The molecule has 1 aromatic heterocycles. The lowest BCUT2D eigenvalue weighted by molar-refractivity contribution is -0.130. The van der Waals surface area contributed by atoms with Crippen LogP contribution in [0.3, 0.4) is 0 Å². The number of hydrogen-bond acceptors (Lipinski definition) is 4. The Labute approximate surface area is 149 Å². The molecule has 0 saturated carbocycles. The first-order chi connectivity index (χ1) is 11.6. The quantitative estimate of drug-likeness (QED) is 0.908. The van der Waals surface area contributed by atoms with Gasteiger partial charge in [0.15, 0.2) is 0 Å². The van der Waals surface area contributed by atoms with Crippen molar-refractivity contribution >= 4 is 40.4 Å². The van der Waals surface area contributed by atoms with Gasteiger partial charge in [0.25, 0.3) is 5.91 Å². The maximum atomic E-state index is 12.3. The van der Waals surface area contributed by atoms with Crippen LogP contribution in [0.1, 0.15) is 9.67 Å². The Morgan fingerprint density at radius 1 is 1.04 bits per heavy atom. The number of thiophene rings is 1. The molecule has 24 heavy (non-hydrogen) atoms. The maximum absolute atomic E-state index is 12.3. The number of halogens is 1. The predicted molar refractivity (Wildman–Crippen MR) is 96.7 cm³/mol. The molecule has 2 heterocycles. The standard InChI is InChI=1S/C17H18ClN3O2S/c18-13-4-1-2-5-14(13)19-12-16(22)20-7-9-21(10-8-20)17(23)15-6-3-11-24-15/h1-6,11,19H,7-10,12H2. The Balaban J connectivity index is 1.48. The fourth-order valence-electron chi connectivity index (χ4n) is 2.60. The molecule has 3 rings (SSSR count). The smallest absolute Gasteiger partial charge is 0.264 e.